The molecule has 2 rings (SSSR count). The van der Waals surface area contributed by atoms with Crippen LogP contribution in [0, 0.1) is 0 Å². The number of aliphatic imine (C=N–C) groups is 1. The minimum Gasteiger partial charge on any atom is -0.385 e. The largest absolute Gasteiger partial charge is 0.385 e. The van der Waals surface area contributed by atoms with Crippen molar-refractivity contribution in [2.24, 2.45) is 10.7 Å². The molecule has 1 heterocycles. The molecule has 2 N–H and O–H groups in total. The van der Waals surface area contributed by atoms with Crippen molar-refractivity contribution in [3.05, 3.63) is 46.5 Å². The second kappa shape index (κ2) is 5.00. The summed E-state index contributed by atoms with van der Waals surface area (Å²) in [6, 6.07) is 4.33. The minimum absolute atomic E-state index is 0.214. The van der Waals surface area contributed by atoms with Gasteiger partial charge in [0.15, 0.2) is 0 Å². The summed E-state index contributed by atoms with van der Waals surface area (Å²) in [6.45, 7) is 3.95. The standard InChI is InChI=1S/C12H11Cl2N3O/c1-2-6-17-10(11(15)16-12(17)18)7-4-3-5-8(13)9(7)14/h2-5,10H,1,6H2,(H2,15,16,18). The maximum Gasteiger partial charge on any atom is 0.346 e. The van der Waals surface area contributed by atoms with Gasteiger partial charge in [-0.1, -0.05) is 41.4 Å². The van der Waals surface area contributed by atoms with Crippen LogP contribution in [-0.4, -0.2) is 23.3 Å². The Balaban J connectivity index is 2.47. The fourth-order valence-electron chi connectivity index (χ4n) is 1.89. The highest BCUT2D eigenvalue weighted by molar-refractivity contribution is 6.42. The highest BCUT2D eigenvalue weighted by Crippen LogP contribution is 2.35. The van der Waals surface area contributed by atoms with Crippen LogP contribution in [0.3, 0.4) is 0 Å². The zero-order chi connectivity index (χ0) is 13.3. The Kier molecular flexibility index (Phi) is 3.59. The fraction of sp³-hybridized carbons (Fsp3) is 0.167. The van der Waals surface area contributed by atoms with Gasteiger partial charge in [0.25, 0.3) is 0 Å². The van der Waals surface area contributed by atoms with Gasteiger partial charge in [-0.2, -0.15) is 4.99 Å². The summed E-state index contributed by atoms with van der Waals surface area (Å²) >= 11 is 12.1. The van der Waals surface area contributed by atoms with Crippen LogP contribution >= 0.6 is 23.2 Å². The highest BCUT2D eigenvalue weighted by Gasteiger charge is 2.35. The molecule has 1 aliphatic heterocycles. The van der Waals surface area contributed by atoms with Gasteiger partial charge in [0.1, 0.15) is 11.9 Å². The molecule has 0 radical (unpaired) electrons. The quantitative estimate of drug-likeness (QED) is 0.867. The Hall–Kier alpha value is -1.52. The molecule has 94 valence electrons. The van der Waals surface area contributed by atoms with Crippen LogP contribution in [-0.2, 0) is 0 Å². The number of nitrogens with zero attached hydrogens (tertiary/aromatic N) is 2. The lowest BCUT2D eigenvalue weighted by molar-refractivity contribution is 0.213. The molecular formula is C12H11Cl2N3O. The van der Waals surface area contributed by atoms with Crippen LogP contribution in [0.2, 0.25) is 10.0 Å². The Bertz CT molecular complexity index is 542. The van der Waals surface area contributed by atoms with E-state index in [9.17, 15) is 4.79 Å². The second-order valence-corrected chi connectivity index (χ2v) is 4.59. The van der Waals surface area contributed by atoms with E-state index in [1.54, 1.807) is 24.3 Å². The van der Waals surface area contributed by atoms with Crippen LogP contribution in [0.1, 0.15) is 11.6 Å². The summed E-state index contributed by atoms with van der Waals surface area (Å²) in [6.07, 6.45) is 1.61. The van der Waals surface area contributed by atoms with Crippen LogP contribution in [0.15, 0.2) is 35.8 Å². The summed E-state index contributed by atoms with van der Waals surface area (Å²) in [5.41, 5.74) is 6.46. The number of carbonyl (C=O) groups is 1. The van der Waals surface area contributed by atoms with E-state index in [4.69, 9.17) is 28.9 Å². The van der Waals surface area contributed by atoms with Gasteiger partial charge in [0.2, 0.25) is 0 Å². The molecular weight excluding hydrogens is 273 g/mol. The molecule has 0 bridgehead atoms. The van der Waals surface area contributed by atoms with Gasteiger partial charge in [-0.15, -0.1) is 6.58 Å². The van der Waals surface area contributed by atoms with E-state index >= 15 is 0 Å². The number of amides is 2. The Morgan fingerprint density at radius 3 is 2.89 bits per heavy atom. The van der Waals surface area contributed by atoms with Gasteiger partial charge in [0.05, 0.1) is 10.0 Å². The van der Waals surface area contributed by atoms with E-state index in [-0.39, 0.29) is 5.84 Å². The number of hydrogen-bond donors (Lipinski definition) is 1. The molecule has 2 amide bonds. The first-order chi connectivity index (χ1) is 8.56. The maximum absolute atomic E-state index is 11.7. The third-order valence-corrected chi connectivity index (χ3v) is 3.50. The average Bonchev–Trinajstić information content (AvgIpc) is 2.59. The fourth-order valence-corrected chi connectivity index (χ4v) is 2.30. The maximum atomic E-state index is 11.7. The number of amidine groups is 1. The van der Waals surface area contributed by atoms with Crippen molar-refractivity contribution in [2.75, 3.05) is 6.54 Å². The molecule has 0 aliphatic carbocycles. The first kappa shape index (κ1) is 12.9. The predicted molar refractivity (Wildman–Crippen MR) is 73.1 cm³/mol. The number of urea groups is 1. The molecule has 18 heavy (non-hydrogen) atoms. The monoisotopic (exact) mass is 283 g/mol. The molecule has 0 saturated heterocycles. The lowest BCUT2D eigenvalue weighted by atomic mass is 10.1. The van der Waals surface area contributed by atoms with Crippen molar-refractivity contribution < 1.29 is 4.79 Å². The van der Waals surface area contributed by atoms with Gasteiger partial charge >= 0.3 is 6.03 Å². The van der Waals surface area contributed by atoms with E-state index in [1.165, 1.54) is 4.90 Å². The predicted octanol–water partition coefficient (Wildman–Crippen LogP) is 3.01. The summed E-state index contributed by atoms with van der Waals surface area (Å²) in [4.78, 5) is 16.9. The van der Waals surface area contributed by atoms with E-state index < -0.39 is 12.1 Å². The molecule has 1 aliphatic rings. The molecule has 0 spiro atoms. The average molecular weight is 284 g/mol. The first-order valence-corrected chi connectivity index (χ1v) is 6.01. The molecule has 6 heteroatoms. The van der Waals surface area contributed by atoms with Gasteiger partial charge < -0.3 is 10.6 Å². The number of halogens is 2. The number of benzene rings is 1. The lowest BCUT2D eigenvalue weighted by Gasteiger charge is -2.24. The number of hydrogen-bond acceptors (Lipinski definition) is 2. The zero-order valence-electron chi connectivity index (χ0n) is 9.44. The van der Waals surface area contributed by atoms with Crippen LogP contribution in [0.4, 0.5) is 4.79 Å². The molecule has 0 aromatic heterocycles. The van der Waals surface area contributed by atoms with Crippen molar-refractivity contribution in [3.63, 3.8) is 0 Å². The Morgan fingerprint density at radius 2 is 2.22 bits per heavy atom. The van der Waals surface area contributed by atoms with E-state index in [1.807, 2.05) is 0 Å². The van der Waals surface area contributed by atoms with Gasteiger partial charge in [-0.05, 0) is 6.07 Å². The second-order valence-electron chi connectivity index (χ2n) is 3.81. The van der Waals surface area contributed by atoms with Crippen molar-refractivity contribution in [1.82, 2.24) is 4.90 Å². The molecule has 4 nitrogen and oxygen atoms in total. The van der Waals surface area contributed by atoms with Crippen molar-refractivity contribution >= 4 is 35.1 Å². The molecule has 0 saturated carbocycles. The van der Waals surface area contributed by atoms with Crippen LogP contribution in [0.5, 0.6) is 0 Å². The van der Waals surface area contributed by atoms with Crippen molar-refractivity contribution in [2.45, 2.75) is 6.04 Å². The third kappa shape index (κ3) is 2.09. The van der Waals surface area contributed by atoms with E-state index in [0.29, 0.717) is 22.2 Å². The minimum atomic E-state index is -0.485. The number of nitrogens with two attached hydrogens (primary N) is 1. The normalized spacial score (nSPS) is 19.0. The number of carbonyl (C=O) groups excluding carboxylic acids is 1. The molecule has 0 fully saturated rings. The first-order valence-electron chi connectivity index (χ1n) is 5.25. The third-order valence-electron chi connectivity index (χ3n) is 2.66. The smallest absolute Gasteiger partial charge is 0.346 e. The van der Waals surface area contributed by atoms with Crippen LogP contribution < -0.4 is 5.73 Å². The van der Waals surface area contributed by atoms with E-state index in [0.717, 1.165) is 0 Å². The topological polar surface area (TPSA) is 58.7 Å². The summed E-state index contributed by atoms with van der Waals surface area (Å²) < 4.78 is 0. The molecule has 1 aromatic carbocycles. The van der Waals surface area contributed by atoms with Crippen LogP contribution in [0.25, 0.3) is 0 Å². The van der Waals surface area contributed by atoms with Crippen molar-refractivity contribution in [3.8, 4) is 0 Å². The summed E-state index contributed by atoms with van der Waals surface area (Å²) in [7, 11) is 0. The van der Waals surface area contributed by atoms with Crippen molar-refractivity contribution in [1.29, 1.82) is 0 Å². The van der Waals surface area contributed by atoms with Gasteiger partial charge in [-0.25, -0.2) is 4.79 Å². The summed E-state index contributed by atoms with van der Waals surface area (Å²) in [5, 5.41) is 0.797. The molecule has 1 unspecified atom stereocenters. The highest BCUT2D eigenvalue weighted by atomic mass is 35.5. The van der Waals surface area contributed by atoms with Gasteiger partial charge in [0, 0.05) is 12.1 Å². The Morgan fingerprint density at radius 1 is 1.50 bits per heavy atom. The lowest BCUT2D eigenvalue weighted by Crippen LogP contribution is -2.33. The molecule has 1 atom stereocenters. The SMILES string of the molecule is C=CCN1C(=O)N=C(N)C1c1cccc(Cl)c1Cl. The van der Waals surface area contributed by atoms with E-state index in [2.05, 4.69) is 11.6 Å². The Labute approximate surface area is 115 Å². The van der Waals surface area contributed by atoms with Gasteiger partial charge in [-0.3, -0.25) is 0 Å². The zero-order valence-corrected chi connectivity index (χ0v) is 10.9. The summed E-state index contributed by atoms with van der Waals surface area (Å²) in [5.74, 6) is 0.214. The number of rotatable bonds is 3. The molecule has 1 aromatic rings.